The number of aliphatic hydroxyl groups excluding tert-OH is 1. The predicted octanol–water partition coefficient (Wildman–Crippen LogP) is 2.08. The van der Waals surface area contributed by atoms with Crippen LogP contribution in [0, 0.1) is 0 Å². The van der Waals surface area contributed by atoms with Crippen LogP contribution < -0.4 is 4.72 Å². The molecule has 20 heavy (non-hydrogen) atoms. The Morgan fingerprint density at radius 1 is 1.15 bits per heavy atom. The van der Waals surface area contributed by atoms with E-state index in [0.29, 0.717) is 0 Å². The summed E-state index contributed by atoms with van der Waals surface area (Å²) < 4.78 is 26.6. The van der Waals surface area contributed by atoms with Crippen LogP contribution in [0.15, 0.2) is 35.5 Å². The molecule has 0 aliphatic heterocycles. The number of benzene rings is 1. The summed E-state index contributed by atoms with van der Waals surface area (Å²) in [6.45, 7) is -0.402. The number of aromatic nitrogens is 2. The Bertz CT molecular complexity index is 723. The monoisotopic (exact) mass is 333 g/mol. The van der Waals surface area contributed by atoms with Gasteiger partial charge >= 0.3 is 0 Å². The maximum atomic E-state index is 12.2. The molecule has 106 valence electrons. The Morgan fingerprint density at radius 2 is 1.80 bits per heavy atom. The van der Waals surface area contributed by atoms with Gasteiger partial charge in [0.25, 0.3) is 10.0 Å². The normalized spacial score (nSPS) is 11.3. The average Bonchev–Trinajstić information content (AvgIpc) is 2.39. The summed E-state index contributed by atoms with van der Waals surface area (Å²) in [5.74, 6) is -0.0796. The van der Waals surface area contributed by atoms with Crippen LogP contribution in [0.5, 0.6) is 0 Å². The molecule has 0 saturated carbocycles. The van der Waals surface area contributed by atoms with Crippen molar-refractivity contribution in [1.29, 1.82) is 0 Å². The van der Waals surface area contributed by atoms with Crippen LogP contribution in [0.3, 0.4) is 0 Å². The van der Waals surface area contributed by atoms with E-state index in [2.05, 4.69) is 14.7 Å². The fourth-order valence-corrected chi connectivity index (χ4v) is 3.24. The lowest BCUT2D eigenvalue weighted by molar-refractivity contribution is 0.281. The predicted molar refractivity (Wildman–Crippen MR) is 75.2 cm³/mol. The molecule has 0 bridgehead atoms. The van der Waals surface area contributed by atoms with Crippen LogP contribution >= 0.6 is 23.2 Å². The van der Waals surface area contributed by atoms with Gasteiger partial charge in [-0.25, -0.2) is 23.1 Å². The van der Waals surface area contributed by atoms with Crippen LogP contribution in [0.4, 0.5) is 5.95 Å². The molecule has 0 fully saturated rings. The van der Waals surface area contributed by atoms with Crippen LogP contribution in [-0.4, -0.2) is 23.5 Å². The zero-order valence-corrected chi connectivity index (χ0v) is 12.2. The van der Waals surface area contributed by atoms with Gasteiger partial charge in [0.05, 0.1) is 11.6 Å². The van der Waals surface area contributed by atoms with Gasteiger partial charge < -0.3 is 5.11 Å². The minimum Gasteiger partial charge on any atom is -0.392 e. The number of sulfonamides is 1. The summed E-state index contributed by atoms with van der Waals surface area (Å²) in [5.41, 5.74) is 0.255. The number of hydrogen-bond acceptors (Lipinski definition) is 5. The number of hydrogen-bond donors (Lipinski definition) is 2. The molecule has 0 unspecified atom stereocenters. The highest BCUT2D eigenvalue weighted by atomic mass is 35.5. The van der Waals surface area contributed by atoms with E-state index in [0.717, 1.165) is 0 Å². The van der Waals surface area contributed by atoms with E-state index in [9.17, 15) is 8.42 Å². The zero-order chi connectivity index (χ0) is 14.8. The Labute approximate surface area is 125 Å². The lowest BCUT2D eigenvalue weighted by Crippen LogP contribution is -2.15. The van der Waals surface area contributed by atoms with Crippen molar-refractivity contribution in [2.24, 2.45) is 0 Å². The number of halogens is 2. The maximum absolute atomic E-state index is 12.2. The molecule has 2 aromatic rings. The Kier molecular flexibility index (Phi) is 4.44. The first kappa shape index (κ1) is 15.0. The fraction of sp³-hybridized carbons (Fsp3) is 0.0909. The molecule has 0 radical (unpaired) electrons. The average molecular weight is 334 g/mol. The van der Waals surface area contributed by atoms with Gasteiger partial charge in [0.1, 0.15) is 4.90 Å². The van der Waals surface area contributed by atoms with Gasteiger partial charge in [-0.1, -0.05) is 23.2 Å². The minimum atomic E-state index is -3.97. The highest BCUT2D eigenvalue weighted by Gasteiger charge is 2.21. The van der Waals surface area contributed by atoms with Crippen LogP contribution in [-0.2, 0) is 16.6 Å². The second kappa shape index (κ2) is 5.92. The first-order valence-electron chi connectivity index (χ1n) is 5.32. The van der Waals surface area contributed by atoms with Crippen LogP contribution in [0.25, 0.3) is 0 Å². The summed E-state index contributed by atoms with van der Waals surface area (Å²) in [5, 5.41) is 9.25. The molecule has 0 amide bonds. The lowest BCUT2D eigenvalue weighted by atomic mass is 10.2. The summed E-state index contributed by atoms with van der Waals surface area (Å²) in [6.07, 6.45) is 2.79. The molecule has 1 heterocycles. The molecule has 0 aliphatic rings. The number of nitrogens with zero attached hydrogens (tertiary/aromatic N) is 2. The summed E-state index contributed by atoms with van der Waals surface area (Å²) in [4.78, 5) is 7.31. The minimum absolute atomic E-state index is 0.0596. The quantitative estimate of drug-likeness (QED) is 0.893. The highest BCUT2D eigenvalue weighted by Crippen LogP contribution is 2.29. The fourth-order valence-electron chi connectivity index (χ4n) is 1.43. The van der Waals surface area contributed by atoms with Gasteiger partial charge in [0.2, 0.25) is 5.95 Å². The van der Waals surface area contributed by atoms with Gasteiger partial charge in [0, 0.05) is 17.4 Å². The number of aliphatic hydroxyl groups is 1. The van der Waals surface area contributed by atoms with Gasteiger partial charge in [-0.2, -0.15) is 0 Å². The Morgan fingerprint density at radius 3 is 2.40 bits per heavy atom. The van der Waals surface area contributed by atoms with E-state index in [1.165, 1.54) is 24.5 Å². The van der Waals surface area contributed by atoms with Gasteiger partial charge in [-0.15, -0.1) is 0 Å². The van der Waals surface area contributed by atoms with Crippen molar-refractivity contribution in [2.75, 3.05) is 4.72 Å². The van der Waals surface area contributed by atoms with Gasteiger partial charge in [0.15, 0.2) is 0 Å². The molecule has 9 heteroatoms. The molecule has 0 aliphatic carbocycles. The van der Waals surface area contributed by atoms with E-state index in [1.54, 1.807) is 6.07 Å². The molecular formula is C11H9Cl2N3O3S. The molecular weight excluding hydrogens is 325 g/mol. The zero-order valence-electron chi connectivity index (χ0n) is 9.92. The summed E-state index contributed by atoms with van der Waals surface area (Å²) >= 11 is 11.7. The second-order valence-electron chi connectivity index (χ2n) is 3.71. The third kappa shape index (κ3) is 3.18. The highest BCUT2D eigenvalue weighted by molar-refractivity contribution is 7.92. The number of anilines is 1. The largest absolute Gasteiger partial charge is 0.392 e. The van der Waals surface area contributed by atoms with E-state index in [-0.39, 0.29) is 26.5 Å². The molecule has 0 saturated heterocycles. The van der Waals surface area contributed by atoms with Crippen LogP contribution in [0.1, 0.15) is 5.56 Å². The molecule has 1 aromatic heterocycles. The molecule has 1 aromatic carbocycles. The number of nitrogens with one attached hydrogen (secondary N) is 1. The van der Waals surface area contributed by atoms with Crippen molar-refractivity contribution in [1.82, 2.24) is 9.97 Å². The summed E-state index contributed by atoms with van der Waals surface area (Å²) in [6, 6.07) is 4.02. The Balaban J connectivity index is 2.44. The first-order chi connectivity index (χ1) is 9.44. The molecule has 0 spiro atoms. The lowest BCUT2D eigenvalue weighted by Gasteiger charge is -2.10. The van der Waals surface area contributed by atoms with Crippen molar-refractivity contribution in [3.05, 3.63) is 46.2 Å². The standard InChI is InChI=1S/C11H9Cl2N3O3S/c12-8-5-9(13)10(4-7(8)6-17)20(18,19)16-11-14-2-1-3-15-11/h1-5,17H,6H2,(H,14,15,16). The smallest absolute Gasteiger partial charge is 0.265 e. The molecule has 2 N–H and O–H groups in total. The van der Waals surface area contributed by atoms with Crippen molar-refractivity contribution in [2.45, 2.75) is 11.5 Å². The number of rotatable bonds is 4. The topological polar surface area (TPSA) is 92.2 Å². The summed E-state index contributed by atoms with van der Waals surface area (Å²) in [7, 11) is -3.97. The third-order valence-electron chi connectivity index (χ3n) is 2.35. The van der Waals surface area contributed by atoms with Crippen molar-refractivity contribution in [3.63, 3.8) is 0 Å². The van der Waals surface area contributed by atoms with E-state index in [1.807, 2.05) is 0 Å². The molecule has 0 atom stereocenters. The maximum Gasteiger partial charge on any atom is 0.265 e. The molecule has 2 rings (SSSR count). The molecule has 6 nitrogen and oxygen atoms in total. The SMILES string of the molecule is O=S(=O)(Nc1ncccn1)c1cc(CO)c(Cl)cc1Cl. The van der Waals surface area contributed by atoms with E-state index < -0.39 is 16.6 Å². The first-order valence-corrected chi connectivity index (χ1v) is 7.56. The third-order valence-corrected chi connectivity index (χ3v) is 4.50. The van der Waals surface area contributed by atoms with Crippen molar-refractivity contribution < 1.29 is 13.5 Å². The van der Waals surface area contributed by atoms with Crippen LogP contribution in [0.2, 0.25) is 10.0 Å². The Hall–Kier alpha value is -1.41. The van der Waals surface area contributed by atoms with E-state index >= 15 is 0 Å². The van der Waals surface area contributed by atoms with E-state index in [4.69, 9.17) is 28.3 Å². The second-order valence-corrected chi connectivity index (χ2v) is 6.18. The van der Waals surface area contributed by atoms with Crippen molar-refractivity contribution in [3.8, 4) is 0 Å². The van der Waals surface area contributed by atoms with Gasteiger partial charge in [-0.05, 0) is 23.8 Å². The van der Waals surface area contributed by atoms with Crippen molar-refractivity contribution >= 4 is 39.2 Å². The van der Waals surface area contributed by atoms with Gasteiger partial charge in [-0.3, -0.25) is 0 Å².